The molecule has 3 atom stereocenters. The van der Waals surface area contributed by atoms with Crippen molar-refractivity contribution in [2.75, 3.05) is 0 Å². The van der Waals surface area contributed by atoms with Crippen molar-refractivity contribution >= 4 is 5.97 Å². The number of allylic oxidation sites excluding steroid dienone is 4. The van der Waals surface area contributed by atoms with Gasteiger partial charge in [-0.3, -0.25) is 4.79 Å². The Kier molecular flexibility index (Phi) is 17.7. The monoisotopic (exact) mass is 434 g/mol. The van der Waals surface area contributed by atoms with Crippen molar-refractivity contribution in [1.29, 1.82) is 0 Å². The fourth-order valence-corrected chi connectivity index (χ4v) is 4.28. The lowest BCUT2D eigenvalue weighted by molar-refractivity contribution is -0.188. The van der Waals surface area contributed by atoms with E-state index in [1.807, 2.05) is 0 Å². The summed E-state index contributed by atoms with van der Waals surface area (Å²) in [6.45, 7) is 4.44. The van der Waals surface area contributed by atoms with Crippen LogP contribution in [0.4, 0.5) is 0 Å². The second-order valence-corrected chi connectivity index (χ2v) is 9.34. The average Bonchev–Trinajstić information content (AvgIpc) is 2.76. The number of rotatable bonds is 21. The lowest BCUT2D eigenvalue weighted by Gasteiger charge is -2.36. The van der Waals surface area contributed by atoms with Crippen LogP contribution >= 0.6 is 0 Å². The molecule has 0 aromatic carbocycles. The van der Waals surface area contributed by atoms with Crippen molar-refractivity contribution < 1.29 is 14.6 Å². The lowest BCUT2D eigenvalue weighted by atomic mass is 9.86. The van der Waals surface area contributed by atoms with Gasteiger partial charge in [0.1, 0.15) is 6.10 Å². The third-order valence-electron chi connectivity index (χ3n) is 6.38. The fraction of sp³-hybridized carbons (Fsp3) is 0.821. The number of hydrogen-bond donors (Lipinski definition) is 1. The Labute approximate surface area is 192 Å². The summed E-state index contributed by atoms with van der Waals surface area (Å²) in [5.41, 5.74) is 0. The van der Waals surface area contributed by atoms with E-state index in [-0.39, 0.29) is 24.1 Å². The molecule has 1 aliphatic rings. The highest BCUT2D eigenvalue weighted by atomic mass is 16.6. The molecule has 0 amide bonds. The number of cyclic esters (lactones) is 1. The molecule has 0 aromatic heterocycles. The molecule has 3 nitrogen and oxygen atoms in total. The second-order valence-electron chi connectivity index (χ2n) is 9.34. The van der Waals surface area contributed by atoms with Crippen LogP contribution in [0.25, 0.3) is 0 Å². The van der Waals surface area contributed by atoms with Gasteiger partial charge < -0.3 is 9.84 Å². The summed E-state index contributed by atoms with van der Waals surface area (Å²) in [4.78, 5) is 11.7. The number of unbranched alkanes of at least 4 members (excludes halogenated alkanes) is 11. The van der Waals surface area contributed by atoms with Crippen molar-refractivity contribution in [2.45, 2.75) is 142 Å². The predicted octanol–water partition coefficient (Wildman–Crippen LogP) is 8.06. The second kappa shape index (κ2) is 19.6. The van der Waals surface area contributed by atoms with Crippen LogP contribution in [0.3, 0.4) is 0 Å². The molecule has 1 rings (SSSR count). The lowest BCUT2D eigenvalue weighted by Crippen LogP contribution is -2.46. The van der Waals surface area contributed by atoms with Gasteiger partial charge in [0.05, 0.1) is 12.0 Å². The summed E-state index contributed by atoms with van der Waals surface area (Å²) in [7, 11) is 0. The minimum Gasteiger partial charge on any atom is -0.461 e. The molecule has 1 heterocycles. The highest BCUT2D eigenvalue weighted by Crippen LogP contribution is 2.31. The average molecular weight is 435 g/mol. The van der Waals surface area contributed by atoms with E-state index in [2.05, 4.69) is 38.2 Å². The van der Waals surface area contributed by atoms with Crippen molar-refractivity contribution in [2.24, 2.45) is 5.92 Å². The maximum atomic E-state index is 11.7. The van der Waals surface area contributed by atoms with Crippen LogP contribution in [-0.4, -0.2) is 23.3 Å². The van der Waals surface area contributed by atoms with Gasteiger partial charge in [-0.25, -0.2) is 0 Å². The van der Waals surface area contributed by atoms with Gasteiger partial charge in [0.25, 0.3) is 0 Å². The molecule has 1 N–H and O–H groups in total. The van der Waals surface area contributed by atoms with Crippen LogP contribution in [-0.2, 0) is 9.53 Å². The van der Waals surface area contributed by atoms with Crippen LogP contribution in [0.5, 0.6) is 0 Å². The Balaban J connectivity index is 1.92. The van der Waals surface area contributed by atoms with Gasteiger partial charge in [0.15, 0.2) is 0 Å². The molecule has 31 heavy (non-hydrogen) atoms. The largest absolute Gasteiger partial charge is 0.461 e. The van der Waals surface area contributed by atoms with E-state index in [4.69, 9.17) is 4.74 Å². The van der Waals surface area contributed by atoms with Gasteiger partial charge in [-0.15, -0.1) is 0 Å². The first-order valence-electron chi connectivity index (χ1n) is 13.4. The molecule has 3 heteroatoms. The zero-order valence-corrected chi connectivity index (χ0v) is 20.5. The van der Waals surface area contributed by atoms with E-state index < -0.39 is 0 Å². The molecule has 0 radical (unpaired) electrons. The van der Waals surface area contributed by atoms with Gasteiger partial charge in [0.2, 0.25) is 0 Å². The van der Waals surface area contributed by atoms with E-state index in [0.717, 1.165) is 32.1 Å². The van der Waals surface area contributed by atoms with Crippen molar-refractivity contribution in [3.63, 3.8) is 0 Å². The van der Waals surface area contributed by atoms with Crippen molar-refractivity contribution in [3.05, 3.63) is 24.3 Å². The van der Waals surface area contributed by atoms with Gasteiger partial charge in [-0.05, 0) is 44.9 Å². The maximum Gasteiger partial charge on any atom is 0.313 e. The maximum absolute atomic E-state index is 11.7. The third-order valence-corrected chi connectivity index (χ3v) is 6.38. The van der Waals surface area contributed by atoms with E-state index in [1.165, 1.54) is 77.0 Å². The summed E-state index contributed by atoms with van der Waals surface area (Å²) < 4.78 is 5.30. The number of ether oxygens (including phenoxy) is 1. The molecule has 0 aliphatic carbocycles. The van der Waals surface area contributed by atoms with E-state index in [0.29, 0.717) is 6.42 Å². The first kappa shape index (κ1) is 27.9. The normalized spacial score (nSPS) is 19.8. The SMILES string of the molecule is CCCCC/C=C\C/C=C\CCCCCCCC(O)C[C@@H]1OC(=O)[C@H]1CCCCCC. The Hall–Kier alpha value is -1.09. The predicted molar refractivity (Wildman–Crippen MR) is 132 cm³/mol. The Morgan fingerprint density at radius 2 is 1.39 bits per heavy atom. The molecule has 1 fully saturated rings. The Morgan fingerprint density at radius 1 is 0.806 bits per heavy atom. The smallest absolute Gasteiger partial charge is 0.313 e. The third kappa shape index (κ3) is 14.6. The highest BCUT2D eigenvalue weighted by Gasteiger charge is 2.42. The van der Waals surface area contributed by atoms with Crippen LogP contribution in [0.1, 0.15) is 129 Å². The summed E-state index contributed by atoms with van der Waals surface area (Å²) >= 11 is 0. The topological polar surface area (TPSA) is 46.5 Å². The molecule has 1 aliphatic heterocycles. The zero-order chi connectivity index (χ0) is 22.6. The van der Waals surface area contributed by atoms with Gasteiger partial charge in [-0.2, -0.15) is 0 Å². The standard InChI is InChI=1S/C28H50O3/c1-3-5-7-9-10-11-12-13-14-15-16-17-18-19-20-22-25(29)24-27-26(28(30)31-27)23-21-8-6-4-2/h10-11,13-14,25-27,29H,3-9,12,15-24H2,1-2H3/b11-10-,14-13-/t25?,26-,27-/m0/s1. The molecule has 0 spiro atoms. The quantitative estimate of drug-likeness (QED) is 0.113. The van der Waals surface area contributed by atoms with Crippen LogP contribution in [0, 0.1) is 5.92 Å². The molecule has 0 saturated carbocycles. The highest BCUT2D eigenvalue weighted by molar-refractivity contribution is 5.78. The number of carbonyl (C=O) groups excluding carboxylic acids is 1. The number of aliphatic hydroxyl groups excluding tert-OH is 1. The summed E-state index contributed by atoms with van der Waals surface area (Å²) in [5, 5.41) is 10.3. The minimum atomic E-state index is -0.325. The van der Waals surface area contributed by atoms with E-state index in [1.54, 1.807) is 0 Å². The summed E-state index contributed by atoms with van der Waals surface area (Å²) in [6.07, 6.45) is 29.5. The van der Waals surface area contributed by atoms with Gasteiger partial charge in [0, 0.05) is 6.42 Å². The molecule has 1 unspecified atom stereocenters. The molecule has 0 bridgehead atoms. The van der Waals surface area contributed by atoms with Gasteiger partial charge >= 0.3 is 5.97 Å². The van der Waals surface area contributed by atoms with Crippen LogP contribution in [0.15, 0.2) is 24.3 Å². The first-order valence-corrected chi connectivity index (χ1v) is 13.4. The molecule has 1 saturated heterocycles. The fourth-order valence-electron chi connectivity index (χ4n) is 4.28. The van der Waals surface area contributed by atoms with E-state index >= 15 is 0 Å². The molecular weight excluding hydrogens is 384 g/mol. The van der Waals surface area contributed by atoms with Crippen molar-refractivity contribution in [3.8, 4) is 0 Å². The Morgan fingerprint density at radius 3 is 2.06 bits per heavy atom. The van der Waals surface area contributed by atoms with Crippen molar-refractivity contribution in [1.82, 2.24) is 0 Å². The molecular formula is C28H50O3. The summed E-state index contributed by atoms with van der Waals surface area (Å²) in [6, 6.07) is 0. The Bertz CT molecular complexity index is 483. The van der Waals surface area contributed by atoms with Crippen LogP contribution < -0.4 is 0 Å². The number of esters is 1. The molecule has 0 aromatic rings. The van der Waals surface area contributed by atoms with Gasteiger partial charge in [-0.1, -0.05) is 102 Å². The van der Waals surface area contributed by atoms with E-state index in [9.17, 15) is 9.90 Å². The zero-order valence-electron chi connectivity index (χ0n) is 20.5. The minimum absolute atomic E-state index is 0.0381. The number of carbonyl (C=O) groups is 1. The number of hydrogen-bond acceptors (Lipinski definition) is 3. The molecule has 180 valence electrons. The van der Waals surface area contributed by atoms with Crippen LogP contribution in [0.2, 0.25) is 0 Å². The number of aliphatic hydroxyl groups is 1. The summed E-state index contributed by atoms with van der Waals surface area (Å²) in [5.74, 6) is -0.0122. The first-order chi connectivity index (χ1) is 15.2.